The van der Waals surface area contributed by atoms with Crippen LogP contribution in [0.1, 0.15) is 31.2 Å². The molecule has 5 nitrogen and oxygen atoms in total. The Hall–Kier alpha value is -2.89. The summed E-state index contributed by atoms with van der Waals surface area (Å²) in [4.78, 5) is 26.8. The first-order valence-electron chi connectivity index (χ1n) is 9.76. The Kier molecular flexibility index (Phi) is 5.03. The van der Waals surface area contributed by atoms with Crippen LogP contribution in [0.3, 0.4) is 0 Å². The molecule has 1 saturated heterocycles. The van der Waals surface area contributed by atoms with Gasteiger partial charge in [-0.25, -0.2) is 4.39 Å². The third-order valence-corrected chi connectivity index (χ3v) is 5.80. The topological polar surface area (TPSA) is 61.4 Å². The van der Waals surface area contributed by atoms with Gasteiger partial charge in [-0.3, -0.25) is 9.59 Å². The van der Waals surface area contributed by atoms with Crippen molar-refractivity contribution in [2.75, 3.05) is 29.9 Å². The van der Waals surface area contributed by atoms with E-state index in [0.29, 0.717) is 18.8 Å². The van der Waals surface area contributed by atoms with Gasteiger partial charge in [0.25, 0.3) is 0 Å². The lowest BCUT2D eigenvalue weighted by Gasteiger charge is -2.29. The van der Waals surface area contributed by atoms with Gasteiger partial charge in [-0.1, -0.05) is 25.0 Å². The fourth-order valence-electron chi connectivity index (χ4n) is 4.28. The summed E-state index contributed by atoms with van der Waals surface area (Å²) < 4.78 is 13.8. The number of carbonyl (C=O) groups is 2. The minimum absolute atomic E-state index is 0.0156. The number of nitrogens with zero attached hydrogens (tertiary/aromatic N) is 1. The van der Waals surface area contributed by atoms with E-state index in [1.165, 1.54) is 12.1 Å². The molecule has 2 amide bonds. The zero-order chi connectivity index (χ0) is 19.6. The van der Waals surface area contributed by atoms with Crippen molar-refractivity contribution in [2.24, 2.45) is 0 Å². The molecule has 6 heteroatoms. The van der Waals surface area contributed by atoms with Gasteiger partial charge in [0.15, 0.2) is 0 Å². The number of anilines is 2. The molecule has 1 aliphatic heterocycles. The summed E-state index contributed by atoms with van der Waals surface area (Å²) in [5, 5.41) is 5.83. The zero-order valence-corrected chi connectivity index (χ0v) is 15.7. The zero-order valence-electron chi connectivity index (χ0n) is 15.7. The number of piperazine rings is 1. The summed E-state index contributed by atoms with van der Waals surface area (Å²) in [5.74, 6) is -0.380. The number of hydrogen-bond donors (Lipinski definition) is 2. The number of carbonyl (C=O) groups excluding carboxylic acids is 2. The second-order valence-corrected chi connectivity index (χ2v) is 7.57. The van der Waals surface area contributed by atoms with E-state index in [9.17, 15) is 14.0 Å². The van der Waals surface area contributed by atoms with E-state index in [1.54, 1.807) is 6.07 Å². The first-order chi connectivity index (χ1) is 13.6. The Balaban J connectivity index is 1.51. The smallest absolute Gasteiger partial charge is 0.239 e. The molecule has 1 saturated carbocycles. The summed E-state index contributed by atoms with van der Waals surface area (Å²) in [6.45, 7) is 1.74. The Morgan fingerprint density at radius 2 is 1.86 bits per heavy atom. The molecule has 2 fully saturated rings. The van der Waals surface area contributed by atoms with E-state index in [2.05, 4.69) is 10.6 Å². The number of rotatable bonds is 4. The third-order valence-electron chi connectivity index (χ3n) is 5.80. The highest BCUT2D eigenvalue weighted by Crippen LogP contribution is 2.42. The van der Waals surface area contributed by atoms with Crippen LogP contribution in [0.25, 0.3) is 0 Å². The molecule has 0 atom stereocenters. The maximum absolute atomic E-state index is 13.8. The predicted molar refractivity (Wildman–Crippen MR) is 107 cm³/mol. The lowest BCUT2D eigenvalue weighted by atomic mass is 9.78. The second-order valence-electron chi connectivity index (χ2n) is 7.57. The van der Waals surface area contributed by atoms with Crippen LogP contribution in [0.4, 0.5) is 15.8 Å². The minimum atomic E-state index is -0.675. The van der Waals surface area contributed by atoms with Gasteiger partial charge in [-0.05, 0) is 54.8 Å². The molecule has 1 aliphatic carbocycles. The molecule has 4 rings (SSSR count). The summed E-state index contributed by atoms with van der Waals surface area (Å²) in [5.41, 5.74) is 1.73. The lowest BCUT2D eigenvalue weighted by molar-refractivity contribution is -0.121. The molecule has 0 unspecified atom stereocenters. The van der Waals surface area contributed by atoms with Crippen molar-refractivity contribution in [3.05, 3.63) is 59.9 Å². The van der Waals surface area contributed by atoms with Gasteiger partial charge in [-0.2, -0.15) is 0 Å². The SMILES string of the molecule is O=C1CN(c2ccc(NC(=O)C3(c4cccc(F)c4)CCCC3)cc2)CCN1. The largest absolute Gasteiger partial charge is 0.360 e. The van der Waals surface area contributed by atoms with Crippen LogP contribution in [0.5, 0.6) is 0 Å². The van der Waals surface area contributed by atoms with E-state index >= 15 is 0 Å². The molecule has 2 aromatic carbocycles. The van der Waals surface area contributed by atoms with Crippen molar-refractivity contribution < 1.29 is 14.0 Å². The van der Waals surface area contributed by atoms with Crippen LogP contribution < -0.4 is 15.5 Å². The van der Waals surface area contributed by atoms with E-state index in [4.69, 9.17) is 0 Å². The summed E-state index contributed by atoms with van der Waals surface area (Å²) >= 11 is 0. The van der Waals surface area contributed by atoms with Crippen molar-refractivity contribution in [3.63, 3.8) is 0 Å². The Labute approximate surface area is 163 Å². The van der Waals surface area contributed by atoms with Crippen molar-refractivity contribution in [3.8, 4) is 0 Å². The molecule has 0 spiro atoms. The predicted octanol–water partition coefficient (Wildman–Crippen LogP) is 3.21. The van der Waals surface area contributed by atoms with Crippen LogP contribution in [0, 0.1) is 5.82 Å². The third kappa shape index (κ3) is 3.59. The summed E-state index contributed by atoms with van der Waals surface area (Å²) in [6, 6.07) is 13.9. The van der Waals surface area contributed by atoms with Gasteiger partial charge in [0.1, 0.15) is 5.82 Å². The fourth-order valence-corrected chi connectivity index (χ4v) is 4.28. The first kappa shape index (κ1) is 18.5. The lowest BCUT2D eigenvalue weighted by Crippen LogP contribution is -2.47. The number of benzene rings is 2. The molecule has 28 heavy (non-hydrogen) atoms. The molecule has 2 N–H and O–H groups in total. The van der Waals surface area contributed by atoms with Gasteiger partial charge in [0, 0.05) is 24.5 Å². The number of nitrogens with one attached hydrogen (secondary N) is 2. The van der Waals surface area contributed by atoms with Crippen molar-refractivity contribution >= 4 is 23.2 Å². The Morgan fingerprint density at radius 3 is 2.54 bits per heavy atom. The highest BCUT2D eigenvalue weighted by Gasteiger charge is 2.42. The normalized spacial score (nSPS) is 18.6. The molecule has 0 aromatic heterocycles. The van der Waals surface area contributed by atoms with Crippen LogP contribution >= 0.6 is 0 Å². The maximum atomic E-state index is 13.8. The quantitative estimate of drug-likeness (QED) is 0.855. The van der Waals surface area contributed by atoms with Gasteiger partial charge < -0.3 is 15.5 Å². The molecular weight excluding hydrogens is 357 g/mol. The fraction of sp³-hybridized carbons (Fsp3) is 0.364. The van der Waals surface area contributed by atoms with Gasteiger partial charge in [-0.15, -0.1) is 0 Å². The minimum Gasteiger partial charge on any atom is -0.360 e. The second kappa shape index (κ2) is 7.62. The highest BCUT2D eigenvalue weighted by molar-refractivity contribution is 5.99. The average molecular weight is 381 g/mol. The van der Waals surface area contributed by atoms with Crippen LogP contribution in [0.2, 0.25) is 0 Å². The molecule has 0 radical (unpaired) electrons. The van der Waals surface area contributed by atoms with Gasteiger partial charge in [0.05, 0.1) is 12.0 Å². The molecule has 2 aliphatic rings. The van der Waals surface area contributed by atoms with Gasteiger partial charge in [0.2, 0.25) is 11.8 Å². The van der Waals surface area contributed by atoms with E-state index in [1.807, 2.05) is 35.2 Å². The van der Waals surface area contributed by atoms with Crippen molar-refractivity contribution in [1.29, 1.82) is 0 Å². The molecule has 0 bridgehead atoms. The average Bonchev–Trinajstić information content (AvgIpc) is 3.20. The van der Waals surface area contributed by atoms with Crippen molar-refractivity contribution in [1.82, 2.24) is 5.32 Å². The maximum Gasteiger partial charge on any atom is 0.239 e. The van der Waals surface area contributed by atoms with Crippen LogP contribution in [0.15, 0.2) is 48.5 Å². The first-order valence-corrected chi connectivity index (χ1v) is 9.76. The monoisotopic (exact) mass is 381 g/mol. The van der Waals surface area contributed by atoms with Crippen LogP contribution in [-0.2, 0) is 15.0 Å². The highest BCUT2D eigenvalue weighted by atomic mass is 19.1. The standard InChI is InChI=1S/C22H24FN3O2/c23-17-5-3-4-16(14-17)22(10-1-2-11-22)21(28)25-18-6-8-19(9-7-18)26-13-12-24-20(27)15-26/h3-9,14H,1-2,10-13,15H2,(H,24,27)(H,25,28). The Bertz CT molecular complexity index is 876. The summed E-state index contributed by atoms with van der Waals surface area (Å²) in [6.07, 6.45) is 3.37. The number of halogens is 1. The van der Waals surface area contributed by atoms with E-state index in [0.717, 1.165) is 43.5 Å². The van der Waals surface area contributed by atoms with E-state index in [-0.39, 0.29) is 17.6 Å². The van der Waals surface area contributed by atoms with Gasteiger partial charge >= 0.3 is 0 Å². The molecule has 2 aromatic rings. The van der Waals surface area contributed by atoms with Crippen LogP contribution in [-0.4, -0.2) is 31.4 Å². The Morgan fingerprint density at radius 1 is 1.11 bits per heavy atom. The van der Waals surface area contributed by atoms with Crippen molar-refractivity contribution in [2.45, 2.75) is 31.1 Å². The van der Waals surface area contributed by atoms with E-state index < -0.39 is 5.41 Å². The summed E-state index contributed by atoms with van der Waals surface area (Å²) in [7, 11) is 0. The molecule has 146 valence electrons. The number of hydrogen-bond acceptors (Lipinski definition) is 3. The number of amides is 2. The molecular formula is C22H24FN3O2. The molecule has 1 heterocycles.